The van der Waals surface area contributed by atoms with E-state index < -0.39 is 10.1 Å². The standard InChI is InChI=1S/C8H11NO3S/c1-7-3-4-8(5-9-7)6-12-13(2,10)11/h3-5H,6H2,1-2H3. The quantitative estimate of drug-likeness (QED) is 0.681. The predicted molar refractivity (Wildman–Crippen MR) is 48.6 cm³/mol. The van der Waals surface area contributed by atoms with Gasteiger partial charge in [-0.25, -0.2) is 0 Å². The number of rotatable bonds is 3. The lowest BCUT2D eigenvalue weighted by Gasteiger charge is -2.00. The Labute approximate surface area is 77.7 Å². The molecule has 72 valence electrons. The van der Waals surface area contributed by atoms with Crippen molar-refractivity contribution in [1.82, 2.24) is 4.98 Å². The maximum Gasteiger partial charge on any atom is 0.264 e. The van der Waals surface area contributed by atoms with Crippen molar-refractivity contribution in [2.45, 2.75) is 13.5 Å². The van der Waals surface area contributed by atoms with Gasteiger partial charge in [-0.3, -0.25) is 9.17 Å². The number of hydrogen-bond acceptors (Lipinski definition) is 4. The minimum absolute atomic E-state index is 0.0477. The van der Waals surface area contributed by atoms with Gasteiger partial charge in [0.25, 0.3) is 10.1 Å². The summed E-state index contributed by atoms with van der Waals surface area (Å²) >= 11 is 0. The molecule has 4 nitrogen and oxygen atoms in total. The summed E-state index contributed by atoms with van der Waals surface area (Å²) in [5.74, 6) is 0. The van der Waals surface area contributed by atoms with Crippen LogP contribution in [0.5, 0.6) is 0 Å². The second-order valence-corrected chi connectivity index (χ2v) is 4.42. The maximum atomic E-state index is 10.6. The third kappa shape index (κ3) is 4.00. The molecular formula is C8H11NO3S. The third-order valence-electron chi connectivity index (χ3n) is 1.41. The fraction of sp³-hybridized carbons (Fsp3) is 0.375. The summed E-state index contributed by atoms with van der Waals surface area (Å²) in [5.41, 5.74) is 1.64. The van der Waals surface area contributed by atoms with E-state index in [4.69, 9.17) is 0 Å². The minimum Gasteiger partial charge on any atom is -0.265 e. The summed E-state index contributed by atoms with van der Waals surface area (Å²) in [5, 5.41) is 0. The van der Waals surface area contributed by atoms with Gasteiger partial charge < -0.3 is 0 Å². The van der Waals surface area contributed by atoms with Gasteiger partial charge in [0.15, 0.2) is 0 Å². The average molecular weight is 201 g/mol. The van der Waals surface area contributed by atoms with Gasteiger partial charge in [0.1, 0.15) is 0 Å². The highest BCUT2D eigenvalue weighted by Gasteiger charge is 2.01. The molecule has 0 aliphatic heterocycles. The zero-order valence-corrected chi connectivity index (χ0v) is 8.34. The van der Waals surface area contributed by atoms with Crippen molar-refractivity contribution in [3.63, 3.8) is 0 Å². The van der Waals surface area contributed by atoms with E-state index >= 15 is 0 Å². The highest BCUT2D eigenvalue weighted by molar-refractivity contribution is 7.85. The van der Waals surface area contributed by atoms with Gasteiger partial charge in [0.2, 0.25) is 0 Å². The van der Waals surface area contributed by atoms with Gasteiger partial charge in [-0.1, -0.05) is 6.07 Å². The zero-order valence-electron chi connectivity index (χ0n) is 7.52. The van der Waals surface area contributed by atoms with Gasteiger partial charge in [-0.15, -0.1) is 0 Å². The molecule has 0 amide bonds. The Kier molecular flexibility index (Phi) is 3.00. The van der Waals surface area contributed by atoms with Crippen molar-refractivity contribution in [1.29, 1.82) is 0 Å². The lowest BCUT2D eigenvalue weighted by Crippen LogP contribution is -2.02. The summed E-state index contributed by atoms with van der Waals surface area (Å²) < 4.78 is 25.8. The molecule has 0 aliphatic rings. The number of nitrogens with zero attached hydrogens (tertiary/aromatic N) is 1. The van der Waals surface area contributed by atoms with Crippen molar-refractivity contribution in [3.05, 3.63) is 29.6 Å². The lowest BCUT2D eigenvalue weighted by atomic mass is 10.3. The van der Waals surface area contributed by atoms with Crippen molar-refractivity contribution in [2.24, 2.45) is 0 Å². The van der Waals surface area contributed by atoms with Crippen LogP contribution in [-0.2, 0) is 20.9 Å². The first-order chi connectivity index (χ1) is 5.97. The molecule has 0 aliphatic carbocycles. The smallest absolute Gasteiger partial charge is 0.264 e. The first-order valence-electron chi connectivity index (χ1n) is 3.73. The molecule has 0 bridgehead atoms. The second-order valence-electron chi connectivity index (χ2n) is 2.77. The first kappa shape index (κ1) is 10.1. The van der Waals surface area contributed by atoms with Crippen molar-refractivity contribution < 1.29 is 12.6 Å². The molecule has 0 unspecified atom stereocenters. The maximum absolute atomic E-state index is 10.6. The Morgan fingerprint density at radius 2 is 2.15 bits per heavy atom. The number of pyridine rings is 1. The molecule has 1 heterocycles. The third-order valence-corrected chi connectivity index (χ3v) is 1.96. The molecule has 0 aromatic carbocycles. The molecule has 1 aromatic rings. The summed E-state index contributed by atoms with van der Waals surface area (Å²) in [7, 11) is -3.36. The molecule has 5 heteroatoms. The van der Waals surface area contributed by atoms with Gasteiger partial charge >= 0.3 is 0 Å². The van der Waals surface area contributed by atoms with Crippen LogP contribution in [0, 0.1) is 6.92 Å². The molecular weight excluding hydrogens is 190 g/mol. The second kappa shape index (κ2) is 3.85. The SMILES string of the molecule is Cc1ccc(COS(C)(=O)=O)cn1. The van der Waals surface area contributed by atoms with E-state index in [0.29, 0.717) is 0 Å². The Hall–Kier alpha value is -0.940. The van der Waals surface area contributed by atoms with E-state index in [-0.39, 0.29) is 6.61 Å². The molecule has 1 rings (SSSR count). The Balaban J connectivity index is 2.61. The number of aromatic nitrogens is 1. The van der Waals surface area contributed by atoms with E-state index in [1.807, 2.05) is 6.92 Å². The normalized spacial score (nSPS) is 11.5. The van der Waals surface area contributed by atoms with Gasteiger partial charge in [0.05, 0.1) is 12.9 Å². The van der Waals surface area contributed by atoms with E-state index in [2.05, 4.69) is 9.17 Å². The van der Waals surface area contributed by atoms with Crippen LogP contribution >= 0.6 is 0 Å². The average Bonchev–Trinajstić information content (AvgIpc) is 2.02. The van der Waals surface area contributed by atoms with Gasteiger partial charge in [0, 0.05) is 11.9 Å². The molecule has 0 radical (unpaired) electrons. The van der Waals surface area contributed by atoms with Crippen LogP contribution in [0.25, 0.3) is 0 Å². The molecule has 0 saturated heterocycles. The van der Waals surface area contributed by atoms with Crippen LogP contribution in [0.3, 0.4) is 0 Å². The lowest BCUT2D eigenvalue weighted by molar-refractivity contribution is 0.311. The zero-order chi connectivity index (χ0) is 9.90. The van der Waals surface area contributed by atoms with Crippen LogP contribution in [0.15, 0.2) is 18.3 Å². The monoisotopic (exact) mass is 201 g/mol. The molecule has 0 fully saturated rings. The summed E-state index contributed by atoms with van der Waals surface area (Å²) in [6.07, 6.45) is 2.62. The highest BCUT2D eigenvalue weighted by Crippen LogP contribution is 2.02. The van der Waals surface area contributed by atoms with Crippen LogP contribution in [0.2, 0.25) is 0 Å². The number of hydrogen-bond donors (Lipinski definition) is 0. The van der Waals surface area contributed by atoms with Crippen molar-refractivity contribution in [3.8, 4) is 0 Å². The fourth-order valence-corrected chi connectivity index (χ4v) is 1.11. The molecule has 0 N–H and O–H groups in total. The fourth-order valence-electron chi connectivity index (χ4n) is 0.759. The van der Waals surface area contributed by atoms with Gasteiger partial charge in [-0.2, -0.15) is 8.42 Å². The molecule has 13 heavy (non-hydrogen) atoms. The van der Waals surface area contributed by atoms with Crippen molar-refractivity contribution in [2.75, 3.05) is 6.26 Å². The summed E-state index contributed by atoms with van der Waals surface area (Å²) in [6, 6.07) is 3.59. The van der Waals surface area contributed by atoms with Crippen LogP contribution in [0.1, 0.15) is 11.3 Å². The first-order valence-corrected chi connectivity index (χ1v) is 5.55. The van der Waals surface area contributed by atoms with Gasteiger partial charge in [-0.05, 0) is 18.6 Å². The van der Waals surface area contributed by atoms with E-state index in [1.165, 1.54) is 0 Å². The van der Waals surface area contributed by atoms with Crippen molar-refractivity contribution >= 4 is 10.1 Å². The van der Waals surface area contributed by atoms with E-state index in [9.17, 15) is 8.42 Å². The summed E-state index contributed by atoms with van der Waals surface area (Å²) in [6.45, 7) is 1.91. The topological polar surface area (TPSA) is 56.3 Å². The van der Waals surface area contributed by atoms with E-state index in [0.717, 1.165) is 17.5 Å². The van der Waals surface area contributed by atoms with E-state index in [1.54, 1.807) is 18.3 Å². The van der Waals surface area contributed by atoms with Crippen LogP contribution in [-0.4, -0.2) is 19.7 Å². The van der Waals surface area contributed by atoms with Crippen LogP contribution < -0.4 is 0 Å². The van der Waals surface area contributed by atoms with Crippen LogP contribution in [0.4, 0.5) is 0 Å². The molecule has 1 aromatic heterocycles. The number of aryl methyl sites for hydroxylation is 1. The molecule has 0 saturated carbocycles. The summed E-state index contributed by atoms with van der Waals surface area (Å²) in [4.78, 5) is 4.00. The highest BCUT2D eigenvalue weighted by atomic mass is 32.2. The minimum atomic E-state index is -3.36. The predicted octanol–water partition coefficient (Wildman–Crippen LogP) is 0.866. The largest absolute Gasteiger partial charge is 0.265 e. The Morgan fingerprint density at radius 1 is 1.46 bits per heavy atom. The molecule has 0 atom stereocenters. The Morgan fingerprint density at radius 3 is 2.62 bits per heavy atom. The molecule has 0 spiro atoms. The Bertz CT molecular complexity index is 369.